The zero-order valence-corrected chi connectivity index (χ0v) is 18.3. The number of carbonyl (C=O) groups is 2. The Balaban J connectivity index is 2.09. The van der Waals surface area contributed by atoms with E-state index in [0.717, 1.165) is 12.8 Å². The first-order valence-corrected chi connectivity index (χ1v) is 11.4. The van der Waals surface area contributed by atoms with Crippen LogP contribution in [-0.4, -0.2) is 18.4 Å². The van der Waals surface area contributed by atoms with Gasteiger partial charge in [0.25, 0.3) is 0 Å². The molecule has 2 aliphatic carbocycles. The van der Waals surface area contributed by atoms with Crippen molar-refractivity contribution in [2.24, 2.45) is 52.8 Å². The highest BCUT2D eigenvalue weighted by Crippen LogP contribution is 2.58. The summed E-state index contributed by atoms with van der Waals surface area (Å²) in [6.07, 6.45) is 6.99. The zero-order chi connectivity index (χ0) is 19.9. The highest BCUT2D eigenvalue weighted by atomic mass is 16.5. The summed E-state index contributed by atoms with van der Waals surface area (Å²) in [5.74, 6) is 3.21. The predicted molar refractivity (Wildman–Crippen MR) is 108 cm³/mol. The molecule has 154 valence electrons. The molecule has 27 heavy (non-hydrogen) atoms. The number of rotatable bonds is 4. The summed E-state index contributed by atoms with van der Waals surface area (Å²) in [7, 11) is 0. The van der Waals surface area contributed by atoms with Crippen molar-refractivity contribution in [2.75, 3.05) is 6.61 Å². The molecule has 0 N–H and O–H groups in total. The molecule has 0 spiro atoms. The fourth-order valence-corrected chi connectivity index (χ4v) is 6.92. The third kappa shape index (κ3) is 3.60. The van der Waals surface area contributed by atoms with E-state index in [4.69, 9.17) is 4.74 Å². The summed E-state index contributed by atoms with van der Waals surface area (Å²) < 4.78 is 5.53. The number of ether oxygens (including phenoxy) is 1. The molecule has 0 bridgehead atoms. The van der Waals surface area contributed by atoms with Crippen LogP contribution < -0.4 is 0 Å². The van der Waals surface area contributed by atoms with Gasteiger partial charge in [-0.2, -0.15) is 0 Å². The number of cyclic esters (lactones) is 1. The van der Waals surface area contributed by atoms with Crippen LogP contribution in [0.4, 0.5) is 0 Å². The van der Waals surface area contributed by atoms with Gasteiger partial charge in [-0.05, 0) is 73.0 Å². The Morgan fingerprint density at radius 1 is 0.815 bits per heavy atom. The fourth-order valence-electron chi connectivity index (χ4n) is 6.92. The molecule has 3 aliphatic rings. The van der Waals surface area contributed by atoms with Gasteiger partial charge in [0.15, 0.2) is 0 Å². The van der Waals surface area contributed by atoms with E-state index in [1.165, 1.54) is 25.7 Å². The third-order valence-electron chi connectivity index (χ3n) is 8.42. The lowest BCUT2D eigenvalue weighted by Crippen LogP contribution is -2.54. The van der Waals surface area contributed by atoms with Crippen molar-refractivity contribution >= 4 is 11.8 Å². The number of Topliss-reactive ketones (excluding diaryl/α,β-unsaturated/α-hetero) is 1. The number of carbonyl (C=O) groups excluding carboxylic acids is 2. The smallest absolute Gasteiger partial charge is 0.375 e. The van der Waals surface area contributed by atoms with E-state index in [-0.39, 0.29) is 17.6 Å². The Bertz CT molecular complexity index is 532. The van der Waals surface area contributed by atoms with Crippen LogP contribution >= 0.6 is 0 Å². The summed E-state index contributed by atoms with van der Waals surface area (Å²) in [6.45, 7) is 14.2. The molecule has 0 amide bonds. The SMILES string of the molecule is CC1CCC(C(C)C)C(C2(C3CC(C)CCC3C(C)C)COC(=O)C2=O)C1. The quantitative estimate of drug-likeness (QED) is 0.479. The lowest BCUT2D eigenvalue weighted by Gasteiger charge is -2.53. The lowest BCUT2D eigenvalue weighted by molar-refractivity contribution is -0.151. The lowest BCUT2D eigenvalue weighted by atomic mass is 9.49. The molecule has 0 aromatic heterocycles. The van der Waals surface area contributed by atoms with Crippen LogP contribution in [0.25, 0.3) is 0 Å². The van der Waals surface area contributed by atoms with Crippen molar-refractivity contribution in [3.05, 3.63) is 0 Å². The normalized spacial score (nSPS) is 43.4. The van der Waals surface area contributed by atoms with Gasteiger partial charge in [0.2, 0.25) is 5.78 Å². The van der Waals surface area contributed by atoms with Gasteiger partial charge in [-0.3, -0.25) is 4.79 Å². The van der Waals surface area contributed by atoms with Crippen LogP contribution in [0.15, 0.2) is 0 Å². The molecule has 6 unspecified atom stereocenters. The highest BCUT2D eigenvalue weighted by molar-refractivity contribution is 6.37. The van der Waals surface area contributed by atoms with Crippen LogP contribution in [0.3, 0.4) is 0 Å². The van der Waals surface area contributed by atoms with E-state index in [1.807, 2.05) is 0 Å². The average Bonchev–Trinajstić information content (AvgIpc) is 2.90. The van der Waals surface area contributed by atoms with Crippen LogP contribution in [0.2, 0.25) is 0 Å². The number of esters is 1. The second-order valence-electron chi connectivity index (χ2n) is 10.8. The van der Waals surface area contributed by atoms with Gasteiger partial charge in [-0.1, -0.05) is 54.4 Å². The number of hydrogen-bond acceptors (Lipinski definition) is 3. The van der Waals surface area contributed by atoms with Crippen molar-refractivity contribution in [3.63, 3.8) is 0 Å². The van der Waals surface area contributed by atoms with Crippen LogP contribution in [0.5, 0.6) is 0 Å². The van der Waals surface area contributed by atoms with Crippen molar-refractivity contribution < 1.29 is 14.3 Å². The van der Waals surface area contributed by atoms with Gasteiger partial charge in [-0.15, -0.1) is 0 Å². The van der Waals surface area contributed by atoms with E-state index >= 15 is 0 Å². The summed E-state index contributed by atoms with van der Waals surface area (Å²) in [5, 5.41) is 0. The molecule has 3 heteroatoms. The Labute approximate surface area is 166 Å². The molecule has 2 saturated carbocycles. The maximum atomic E-state index is 13.5. The van der Waals surface area contributed by atoms with Crippen LogP contribution in [-0.2, 0) is 14.3 Å². The molecule has 1 aliphatic heterocycles. The van der Waals surface area contributed by atoms with E-state index in [2.05, 4.69) is 41.5 Å². The van der Waals surface area contributed by atoms with Crippen LogP contribution in [0, 0.1) is 52.8 Å². The Hall–Kier alpha value is -0.860. The molecular weight excluding hydrogens is 336 g/mol. The molecule has 1 saturated heterocycles. The van der Waals surface area contributed by atoms with E-state index < -0.39 is 11.4 Å². The summed E-state index contributed by atoms with van der Waals surface area (Å²) in [4.78, 5) is 25.9. The molecular formula is C24H40O3. The van der Waals surface area contributed by atoms with Crippen molar-refractivity contribution in [1.82, 2.24) is 0 Å². The largest absolute Gasteiger partial charge is 0.459 e. The van der Waals surface area contributed by atoms with E-state index in [0.29, 0.717) is 42.1 Å². The van der Waals surface area contributed by atoms with E-state index in [1.54, 1.807) is 0 Å². The number of hydrogen-bond donors (Lipinski definition) is 0. The second-order valence-corrected chi connectivity index (χ2v) is 10.8. The fraction of sp³-hybridized carbons (Fsp3) is 0.917. The third-order valence-corrected chi connectivity index (χ3v) is 8.42. The minimum Gasteiger partial charge on any atom is -0.459 e. The molecule has 6 atom stereocenters. The Morgan fingerprint density at radius 2 is 1.26 bits per heavy atom. The maximum absolute atomic E-state index is 13.5. The summed E-state index contributed by atoms with van der Waals surface area (Å²) in [5.41, 5.74) is -0.579. The Morgan fingerprint density at radius 3 is 1.59 bits per heavy atom. The zero-order valence-electron chi connectivity index (χ0n) is 18.3. The van der Waals surface area contributed by atoms with Gasteiger partial charge >= 0.3 is 5.97 Å². The standard InChI is InChI=1S/C24H40O3/c1-14(2)18-9-7-16(5)11-20(18)24(13-27-23(26)22(24)25)21-12-17(6)8-10-19(21)15(3)4/h14-21H,7-13H2,1-6H3. The van der Waals surface area contributed by atoms with Gasteiger partial charge in [0, 0.05) is 0 Å². The first-order valence-electron chi connectivity index (χ1n) is 11.4. The molecule has 0 radical (unpaired) electrons. The molecule has 3 nitrogen and oxygen atoms in total. The van der Waals surface area contributed by atoms with Gasteiger partial charge in [-0.25, -0.2) is 4.79 Å². The van der Waals surface area contributed by atoms with Crippen molar-refractivity contribution in [2.45, 2.75) is 80.1 Å². The highest BCUT2D eigenvalue weighted by Gasteiger charge is 2.63. The van der Waals surface area contributed by atoms with E-state index in [9.17, 15) is 9.59 Å². The van der Waals surface area contributed by atoms with Gasteiger partial charge < -0.3 is 4.74 Å². The Kier molecular flexibility index (Phi) is 6.08. The van der Waals surface area contributed by atoms with Gasteiger partial charge in [0.05, 0.1) is 5.41 Å². The first kappa shape index (κ1) is 20.9. The molecule has 0 aromatic rings. The second kappa shape index (κ2) is 7.87. The molecule has 1 heterocycles. The minimum absolute atomic E-state index is 0.183. The summed E-state index contributed by atoms with van der Waals surface area (Å²) in [6, 6.07) is 0. The summed E-state index contributed by atoms with van der Waals surface area (Å²) >= 11 is 0. The van der Waals surface area contributed by atoms with Crippen LogP contribution in [0.1, 0.15) is 80.1 Å². The van der Waals surface area contributed by atoms with Crippen molar-refractivity contribution in [1.29, 1.82) is 0 Å². The first-order chi connectivity index (χ1) is 12.7. The topological polar surface area (TPSA) is 43.4 Å². The maximum Gasteiger partial charge on any atom is 0.375 e. The molecule has 3 rings (SSSR count). The molecule has 0 aromatic carbocycles. The average molecular weight is 377 g/mol. The minimum atomic E-state index is -0.579. The predicted octanol–water partition coefficient (Wildman–Crippen LogP) is 5.52. The number of ketones is 1. The molecule has 3 fully saturated rings. The van der Waals surface area contributed by atoms with Gasteiger partial charge in [0.1, 0.15) is 6.61 Å². The monoisotopic (exact) mass is 376 g/mol. The van der Waals surface area contributed by atoms with Crippen molar-refractivity contribution in [3.8, 4) is 0 Å².